The molecule has 1 saturated heterocycles. The van der Waals surface area contributed by atoms with Gasteiger partial charge in [0.05, 0.1) is 12.6 Å². The fourth-order valence-electron chi connectivity index (χ4n) is 2.64. The lowest BCUT2D eigenvalue weighted by Crippen LogP contribution is -2.38. The molecule has 1 unspecified atom stereocenters. The highest BCUT2D eigenvalue weighted by Crippen LogP contribution is 2.26. The van der Waals surface area contributed by atoms with E-state index in [0.717, 1.165) is 19.0 Å². The van der Waals surface area contributed by atoms with Crippen LogP contribution in [-0.4, -0.2) is 30.5 Å². The Morgan fingerprint density at radius 3 is 2.40 bits per heavy atom. The number of halogens is 1. The molecule has 0 spiro atoms. The number of piperidine rings is 1. The number of aliphatic imine (C=N–C) groups is 1. The maximum atomic E-state index is 5.48. The van der Waals surface area contributed by atoms with E-state index in [-0.39, 0.29) is 29.0 Å². The third kappa shape index (κ3) is 4.80. The van der Waals surface area contributed by atoms with Crippen LogP contribution >= 0.6 is 17.0 Å². The smallest absolute Gasteiger partial charge is 0.185 e. The molecule has 1 aromatic rings. The van der Waals surface area contributed by atoms with E-state index in [2.05, 4.69) is 41.1 Å². The van der Waals surface area contributed by atoms with Crippen molar-refractivity contribution >= 4 is 22.9 Å². The van der Waals surface area contributed by atoms with E-state index in [1.54, 1.807) is 0 Å². The first-order valence-electron chi connectivity index (χ1n) is 7.01. The molecule has 1 heterocycles. The van der Waals surface area contributed by atoms with Gasteiger partial charge in [0.25, 0.3) is 0 Å². The summed E-state index contributed by atoms with van der Waals surface area (Å²) in [6.45, 7) is 5.22. The highest BCUT2D eigenvalue weighted by atomic mass is 79.9. The Bertz CT molecular complexity index is 409. The molecule has 2 rings (SSSR count). The zero-order chi connectivity index (χ0) is 13.7. The molecule has 1 fully saturated rings. The minimum atomic E-state index is 0. The predicted molar refractivity (Wildman–Crippen MR) is 90.2 cm³/mol. The summed E-state index contributed by atoms with van der Waals surface area (Å²) >= 11 is 0. The van der Waals surface area contributed by atoms with E-state index in [1.807, 2.05) is 6.07 Å². The lowest BCUT2D eigenvalue weighted by Gasteiger charge is -2.36. The van der Waals surface area contributed by atoms with E-state index < -0.39 is 0 Å². The second-order valence-corrected chi connectivity index (χ2v) is 5.41. The molecular weight excluding hydrogens is 316 g/mol. The Morgan fingerprint density at radius 2 is 1.85 bits per heavy atom. The van der Waals surface area contributed by atoms with E-state index in [0.29, 0.717) is 6.54 Å². The molecule has 4 N–H and O–H groups in total. The number of hydrogen-bond donors (Lipinski definition) is 2. The van der Waals surface area contributed by atoms with E-state index in [9.17, 15) is 0 Å². The fourth-order valence-corrected chi connectivity index (χ4v) is 2.64. The molecule has 0 saturated carbocycles. The lowest BCUT2D eigenvalue weighted by molar-refractivity contribution is 0.141. The van der Waals surface area contributed by atoms with Crippen LogP contribution in [0.2, 0.25) is 0 Å². The number of nitrogens with two attached hydrogens (primary N) is 2. The standard InChI is InChI=1S/C15H24N4.BrH/c1-12-7-9-19(10-8-12)14(11-18-15(16)17)13-5-3-2-4-6-13;/h2-6,12,14H,7-11H2,1H3,(H4,16,17,18);1H. The molecule has 20 heavy (non-hydrogen) atoms. The monoisotopic (exact) mass is 340 g/mol. The molecule has 0 aromatic heterocycles. The molecule has 0 radical (unpaired) electrons. The molecule has 4 nitrogen and oxygen atoms in total. The summed E-state index contributed by atoms with van der Waals surface area (Å²) in [5.74, 6) is 1.00. The molecule has 1 aromatic carbocycles. The zero-order valence-electron chi connectivity index (χ0n) is 12.0. The van der Waals surface area contributed by atoms with Crippen molar-refractivity contribution in [3.8, 4) is 0 Å². The van der Waals surface area contributed by atoms with Gasteiger partial charge in [-0.15, -0.1) is 17.0 Å². The van der Waals surface area contributed by atoms with Crippen LogP contribution < -0.4 is 11.5 Å². The quantitative estimate of drug-likeness (QED) is 0.652. The van der Waals surface area contributed by atoms with Gasteiger partial charge in [0, 0.05) is 0 Å². The highest BCUT2D eigenvalue weighted by molar-refractivity contribution is 8.93. The highest BCUT2D eigenvalue weighted by Gasteiger charge is 2.24. The fraction of sp³-hybridized carbons (Fsp3) is 0.533. The van der Waals surface area contributed by atoms with Gasteiger partial charge in [0.1, 0.15) is 0 Å². The topological polar surface area (TPSA) is 67.6 Å². The van der Waals surface area contributed by atoms with Crippen LogP contribution in [0.25, 0.3) is 0 Å². The van der Waals surface area contributed by atoms with Gasteiger partial charge in [-0.3, -0.25) is 9.89 Å². The van der Waals surface area contributed by atoms with Gasteiger partial charge in [0.2, 0.25) is 0 Å². The maximum Gasteiger partial charge on any atom is 0.185 e. The van der Waals surface area contributed by atoms with Crippen molar-refractivity contribution < 1.29 is 0 Å². The van der Waals surface area contributed by atoms with Crippen molar-refractivity contribution in [1.82, 2.24) is 4.90 Å². The number of likely N-dealkylation sites (tertiary alicyclic amines) is 1. The summed E-state index contributed by atoms with van der Waals surface area (Å²) in [5.41, 5.74) is 12.3. The van der Waals surface area contributed by atoms with Crippen molar-refractivity contribution in [2.45, 2.75) is 25.8 Å². The van der Waals surface area contributed by atoms with Crippen molar-refractivity contribution in [2.24, 2.45) is 22.4 Å². The third-order valence-electron chi connectivity index (χ3n) is 3.89. The number of nitrogens with zero attached hydrogens (tertiary/aromatic N) is 2. The van der Waals surface area contributed by atoms with Crippen molar-refractivity contribution in [2.75, 3.05) is 19.6 Å². The molecule has 0 amide bonds. The molecule has 1 aliphatic rings. The first-order valence-corrected chi connectivity index (χ1v) is 7.01. The van der Waals surface area contributed by atoms with Crippen LogP contribution in [0.15, 0.2) is 35.3 Å². The summed E-state index contributed by atoms with van der Waals surface area (Å²) in [5, 5.41) is 0. The van der Waals surface area contributed by atoms with Crippen LogP contribution in [0.5, 0.6) is 0 Å². The van der Waals surface area contributed by atoms with Gasteiger partial charge in [-0.25, -0.2) is 0 Å². The molecule has 5 heteroatoms. The van der Waals surface area contributed by atoms with Crippen LogP contribution in [-0.2, 0) is 0 Å². The Kier molecular flexibility index (Phi) is 7.02. The maximum absolute atomic E-state index is 5.48. The van der Waals surface area contributed by atoms with E-state index >= 15 is 0 Å². The largest absolute Gasteiger partial charge is 0.370 e. The van der Waals surface area contributed by atoms with Gasteiger partial charge < -0.3 is 11.5 Å². The molecule has 0 aliphatic carbocycles. The Hall–Kier alpha value is -1.07. The summed E-state index contributed by atoms with van der Waals surface area (Å²) in [4.78, 5) is 6.73. The Morgan fingerprint density at radius 1 is 1.25 bits per heavy atom. The molecule has 1 atom stereocenters. The predicted octanol–water partition coefficient (Wildman–Crippen LogP) is 2.31. The average molecular weight is 341 g/mol. The molecular formula is C15H25BrN4. The van der Waals surface area contributed by atoms with Gasteiger partial charge in [-0.2, -0.15) is 0 Å². The van der Waals surface area contributed by atoms with Gasteiger partial charge in [-0.1, -0.05) is 37.3 Å². The number of rotatable bonds is 4. The van der Waals surface area contributed by atoms with Crippen molar-refractivity contribution in [3.05, 3.63) is 35.9 Å². The summed E-state index contributed by atoms with van der Waals surface area (Å²) in [6, 6.07) is 10.8. The number of hydrogen-bond acceptors (Lipinski definition) is 2. The number of guanidine groups is 1. The molecule has 1 aliphatic heterocycles. The van der Waals surface area contributed by atoms with Crippen LogP contribution in [0.3, 0.4) is 0 Å². The Balaban J connectivity index is 0.00000200. The number of benzene rings is 1. The first-order chi connectivity index (χ1) is 9.16. The minimum Gasteiger partial charge on any atom is -0.370 e. The van der Waals surface area contributed by atoms with Crippen molar-refractivity contribution in [1.29, 1.82) is 0 Å². The zero-order valence-corrected chi connectivity index (χ0v) is 13.7. The molecule has 0 bridgehead atoms. The lowest BCUT2D eigenvalue weighted by atomic mass is 9.96. The van der Waals surface area contributed by atoms with Crippen LogP contribution in [0, 0.1) is 5.92 Å². The van der Waals surface area contributed by atoms with E-state index in [1.165, 1.54) is 18.4 Å². The summed E-state index contributed by atoms with van der Waals surface area (Å²) in [6.07, 6.45) is 2.51. The minimum absolute atomic E-state index is 0. The normalized spacial score (nSPS) is 18.1. The van der Waals surface area contributed by atoms with Crippen LogP contribution in [0.4, 0.5) is 0 Å². The van der Waals surface area contributed by atoms with Crippen LogP contribution in [0.1, 0.15) is 31.4 Å². The van der Waals surface area contributed by atoms with E-state index in [4.69, 9.17) is 11.5 Å². The SMILES string of the molecule is Br.CC1CCN(C(CN=C(N)N)c2ccccc2)CC1. The van der Waals surface area contributed by atoms with Gasteiger partial charge in [-0.05, 0) is 37.4 Å². The third-order valence-corrected chi connectivity index (χ3v) is 3.89. The summed E-state index contributed by atoms with van der Waals surface area (Å²) < 4.78 is 0. The second kappa shape index (κ2) is 8.27. The average Bonchev–Trinajstić information content (AvgIpc) is 2.42. The van der Waals surface area contributed by atoms with Crippen molar-refractivity contribution in [3.63, 3.8) is 0 Å². The molecule has 112 valence electrons. The van der Waals surface area contributed by atoms with Gasteiger partial charge >= 0.3 is 0 Å². The second-order valence-electron chi connectivity index (χ2n) is 5.41. The summed E-state index contributed by atoms with van der Waals surface area (Å²) in [7, 11) is 0. The Labute approximate surface area is 132 Å². The van der Waals surface area contributed by atoms with Gasteiger partial charge in [0.15, 0.2) is 5.96 Å². The first kappa shape index (κ1) is 17.0.